The number of carbonyl (C=O) groups excluding carboxylic acids is 1. The highest BCUT2D eigenvalue weighted by atomic mass is 35.5. The Morgan fingerprint density at radius 1 is 1.12 bits per heavy atom. The molecule has 0 bridgehead atoms. The molecule has 5 rings (SSSR count). The molecule has 5 nitrogen and oxygen atoms in total. The van der Waals surface area contributed by atoms with Crippen LogP contribution in [-0.4, -0.2) is 31.1 Å². The second-order valence-electron chi connectivity index (χ2n) is 8.25. The van der Waals surface area contributed by atoms with Crippen molar-refractivity contribution < 1.29 is 19.0 Å². The molecule has 0 N–H and O–H groups in total. The van der Waals surface area contributed by atoms with Crippen LogP contribution in [0.25, 0.3) is 6.08 Å². The summed E-state index contributed by atoms with van der Waals surface area (Å²) in [4.78, 5) is 15.3. The van der Waals surface area contributed by atoms with Gasteiger partial charge in [-0.2, -0.15) is 0 Å². The van der Waals surface area contributed by atoms with Crippen LogP contribution in [0, 0.1) is 6.92 Å². The molecular weight excluding hydrogens is 438 g/mol. The quantitative estimate of drug-likeness (QED) is 0.458. The van der Waals surface area contributed by atoms with Gasteiger partial charge in [-0.1, -0.05) is 41.9 Å². The van der Waals surface area contributed by atoms with Gasteiger partial charge in [0, 0.05) is 29.2 Å². The number of benzene rings is 3. The molecule has 0 saturated heterocycles. The Labute approximate surface area is 198 Å². The highest BCUT2D eigenvalue weighted by molar-refractivity contribution is 6.30. The molecule has 6 heteroatoms. The van der Waals surface area contributed by atoms with Crippen molar-refractivity contribution >= 4 is 23.5 Å². The van der Waals surface area contributed by atoms with E-state index in [-0.39, 0.29) is 5.78 Å². The van der Waals surface area contributed by atoms with Gasteiger partial charge in [0.1, 0.15) is 24.0 Å². The number of hydrogen-bond donors (Lipinski definition) is 0. The summed E-state index contributed by atoms with van der Waals surface area (Å²) in [6.07, 6.45) is 2.58. The lowest BCUT2D eigenvalue weighted by molar-refractivity contribution is 0.0952. The van der Waals surface area contributed by atoms with E-state index in [0.29, 0.717) is 35.4 Å². The van der Waals surface area contributed by atoms with Gasteiger partial charge in [-0.25, -0.2) is 0 Å². The summed E-state index contributed by atoms with van der Waals surface area (Å²) in [5, 5.41) is 0.612. The number of para-hydroxylation sites is 1. The van der Waals surface area contributed by atoms with Crippen LogP contribution in [0.15, 0.2) is 60.4 Å². The lowest BCUT2D eigenvalue weighted by Crippen LogP contribution is -2.34. The van der Waals surface area contributed by atoms with Crippen LogP contribution in [0.1, 0.15) is 32.6 Å². The number of halogens is 1. The highest BCUT2D eigenvalue weighted by Crippen LogP contribution is 2.43. The van der Waals surface area contributed by atoms with E-state index in [1.807, 2.05) is 43.3 Å². The van der Waals surface area contributed by atoms with Crippen molar-refractivity contribution in [3.05, 3.63) is 93.2 Å². The second-order valence-corrected chi connectivity index (χ2v) is 8.69. The number of methoxy groups -OCH3 is 1. The van der Waals surface area contributed by atoms with Crippen molar-refractivity contribution in [3.63, 3.8) is 0 Å². The second kappa shape index (κ2) is 8.93. The third-order valence-corrected chi connectivity index (χ3v) is 6.27. The Morgan fingerprint density at radius 2 is 1.97 bits per heavy atom. The third kappa shape index (κ3) is 4.22. The molecule has 0 aromatic heterocycles. The van der Waals surface area contributed by atoms with Crippen molar-refractivity contribution in [1.82, 2.24) is 4.90 Å². The maximum atomic E-state index is 13.1. The molecular formula is C27H24ClNO4. The summed E-state index contributed by atoms with van der Waals surface area (Å²) < 4.78 is 17.6. The van der Waals surface area contributed by atoms with Gasteiger partial charge in [0.25, 0.3) is 0 Å². The zero-order valence-corrected chi connectivity index (χ0v) is 19.3. The Balaban J connectivity index is 1.36. The summed E-state index contributed by atoms with van der Waals surface area (Å²) in [5.74, 6) is 2.45. The summed E-state index contributed by atoms with van der Waals surface area (Å²) in [6, 6.07) is 17.3. The van der Waals surface area contributed by atoms with Gasteiger partial charge in [0.2, 0.25) is 5.78 Å². The summed E-state index contributed by atoms with van der Waals surface area (Å²) in [6.45, 7) is 3.96. The van der Waals surface area contributed by atoms with Crippen molar-refractivity contribution in [3.8, 4) is 17.2 Å². The standard InChI is InChI=1S/C27H24ClNO4/c1-17-26-20(15-29(16-32-26)11-10-19-7-3-4-9-23(19)31-2)14-22-25(30)24(33-27(17)22)13-18-6-5-8-21(28)12-18/h3-9,12-14H,10-11,15-16H2,1-2H3/b24-13-. The van der Waals surface area contributed by atoms with Crippen molar-refractivity contribution in [2.75, 3.05) is 20.4 Å². The summed E-state index contributed by atoms with van der Waals surface area (Å²) in [5.41, 5.74) is 4.41. The van der Waals surface area contributed by atoms with E-state index in [0.717, 1.165) is 46.7 Å². The normalized spacial score (nSPS) is 16.2. The molecule has 3 aromatic carbocycles. The van der Waals surface area contributed by atoms with Gasteiger partial charge in [-0.15, -0.1) is 0 Å². The van der Waals surface area contributed by atoms with Crippen LogP contribution in [0.4, 0.5) is 0 Å². The molecule has 0 radical (unpaired) electrons. The first-order valence-corrected chi connectivity index (χ1v) is 11.2. The third-order valence-electron chi connectivity index (χ3n) is 6.04. The minimum Gasteiger partial charge on any atom is -0.496 e. The van der Waals surface area contributed by atoms with Crippen LogP contribution in [0.2, 0.25) is 5.02 Å². The topological polar surface area (TPSA) is 48.0 Å². The summed E-state index contributed by atoms with van der Waals surface area (Å²) in [7, 11) is 1.69. The van der Waals surface area contributed by atoms with Crippen molar-refractivity contribution in [2.45, 2.75) is 19.9 Å². The predicted octanol–water partition coefficient (Wildman–Crippen LogP) is 5.67. The molecule has 33 heavy (non-hydrogen) atoms. The maximum Gasteiger partial charge on any atom is 0.231 e. The molecule has 0 fully saturated rings. The lowest BCUT2D eigenvalue weighted by atomic mass is 10.00. The SMILES string of the molecule is COc1ccccc1CCN1COc2c(cc3c(c2C)O/C(=C\c2cccc(Cl)c2)C3=O)C1. The number of carbonyl (C=O) groups is 1. The predicted molar refractivity (Wildman–Crippen MR) is 128 cm³/mol. The lowest BCUT2D eigenvalue weighted by Gasteiger charge is -2.30. The smallest absolute Gasteiger partial charge is 0.231 e. The van der Waals surface area contributed by atoms with E-state index >= 15 is 0 Å². The first-order valence-electron chi connectivity index (χ1n) is 10.9. The first-order chi connectivity index (χ1) is 16.0. The molecule has 2 aliphatic rings. The van der Waals surface area contributed by atoms with Crippen LogP contribution in [-0.2, 0) is 13.0 Å². The first kappa shape index (κ1) is 21.6. The number of nitrogens with zero attached hydrogens (tertiary/aromatic N) is 1. The highest BCUT2D eigenvalue weighted by Gasteiger charge is 2.33. The number of rotatable bonds is 5. The monoisotopic (exact) mass is 461 g/mol. The Hall–Kier alpha value is -3.28. The van der Waals surface area contributed by atoms with Gasteiger partial charge in [0.15, 0.2) is 5.76 Å². The number of Topliss-reactive ketones (excluding diaryl/α,β-unsaturated/α-hetero) is 1. The largest absolute Gasteiger partial charge is 0.496 e. The molecule has 168 valence electrons. The molecule has 2 heterocycles. The minimum absolute atomic E-state index is 0.123. The number of allylic oxidation sites excluding steroid dienone is 1. The van der Waals surface area contributed by atoms with E-state index in [4.69, 9.17) is 25.8 Å². The fourth-order valence-corrected chi connectivity index (χ4v) is 4.57. The molecule has 0 spiro atoms. The van der Waals surface area contributed by atoms with Crippen molar-refractivity contribution in [2.24, 2.45) is 0 Å². The number of ether oxygens (including phenoxy) is 3. The number of hydrogen-bond acceptors (Lipinski definition) is 5. The zero-order valence-electron chi connectivity index (χ0n) is 18.6. The van der Waals surface area contributed by atoms with Crippen LogP contribution < -0.4 is 14.2 Å². The Bertz CT molecular complexity index is 1270. The van der Waals surface area contributed by atoms with Gasteiger partial charge in [-0.3, -0.25) is 9.69 Å². The maximum absolute atomic E-state index is 13.1. The average molecular weight is 462 g/mol. The van der Waals surface area contributed by atoms with E-state index in [9.17, 15) is 4.79 Å². The Kier molecular flexibility index (Phi) is 5.83. The van der Waals surface area contributed by atoms with E-state index in [2.05, 4.69) is 11.0 Å². The number of ketones is 1. The number of fused-ring (bicyclic) bond motifs is 2. The van der Waals surface area contributed by atoms with Gasteiger partial charge in [0.05, 0.1) is 12.7 Å². The van der Waals surface area contributed by atoms with Gasteiger partial charge in [-0.05, 0) is 54.8 Å². The van der Waals surface area contributed by atoms with Gasteiger partial charge < -0.3 is 14.2 Å². The molecule has 0 saturated carbocycles. The molecule has 0 aliphatic carbocycles. The average Bonchev–Trinajstić information content (AvgIpc) is 3.13. The fraction of sp³-hybridized carbons (Fsp3) is 0.222. The molecule has 0 amide bonds. The molecule has 3 aromatic rings. The van der Waals surface area contributed by atoms with Gasteiger partial charge >= 0.3 is 0 Å². The van der Waals surface area contributed by atoms with E-state index in [1.165, 1.54) is 0 Å². The van der Waals surface area contributed by atoms with Crippen LogP contribution in [0.5, 0.6) is 17.2 Å². The Morgan fingerprint density at radius 3 is 2.79 bits per heavy atom. The van der Waals surface area contributed by atoms with E-state index < -0.39 is 0 Å². The molecule has 0 unspecified atom stereocenters. The van der Waals surface area contributed by atoms with E-state index in [1.54, 1.807) is 25.3 Å². The van der Waals surface area contributed by atoms with Crippen molar-refractivity contribution in [1.29, 1.82) is 0 Å². The zero-order chi connectivity index (χ0) is 22.9. The fourth-order valence-electron chi connectivity index (χ4n) is 4.38. The van der Waals surface area contributed by atoms with Crippen LogP contribution in [0.3, 0.4) is 0 Å². The minimum atomic E-state index is -0.123. The molecule has 0 atom stereocenters. The molecule has 2 aliphatic heterocycles. The van der Waals surface area contributed by atoms with Crippen LogP contribution >= 0.6 is 11.6 Å². The summed E-state index contributed by atoms with van der Waals surface area (Å²) >= 11 is 6.08.